The zero-order chi connectivity index (χ0) is 18.1. The maximum Gasteiger partial charge on any atom is 0.412 e. The van der Waals surface area contributed by atoms with E-state index in [9.17, 15) is 19.5 Å². The summed E-state index contributed by atoms with van der Waals surface area (Å²) >= 11 is 0. The number of rotatable bonds is 9. The van der Waals surface area contributed by atoms with Crippen molar-refractivity contribution in [1.82, 2.24) is 0 Å². The molecule has 0 fully saturated rings. The maximum absolute atomic E-state index is 11.8. The molecule has 4 N–H and O–H groups in total. The van der Waals surface area contributed by atoms with Crippen molar-refractivity contribution in [2.75, 3.05) is 5.32 Å². The van der Waals surface area contributed by atoms with Gasteiger partial charge in [0.2, 0.25) is 6.10 Å². The van der Waals surface area contributed by atoms with Crippen LogP contribution in [0, 0.1) is 0 Å². The number of ether oxygens (including phenoxy) is 1. The molecule has 1 amide bonds. The van der Waals surface area contributed by atoms with Crippen LogP contribution in [-0.2, 0) is 9.53 Å². The van der Waals surface area contributed by atoms with Gasteiger partial charge in [0, 0.05) is 11.8 Å². The van der Waals surface area contributed by atoms with Gasteiger partial charge in [-0.3, -0.25) is 5.32 Å². The van der Waals surface area contributed by atoms with E-state index < -0.39 is 29.9 Å². The topological polar surface area (TPSA) is 133 Å². The van der Waals surface area contributed by atoms with E-state index in [0.717, 1.165) is 31.4 Å². The van der Waals surface area contributed by atoms with Crippen LogP contribution in [-0.4, -0.2) is 39.5 Å². The molecule has 0 saturated carbocycles. The van der Waals surface area contributed by atoms with Gasteiger partial charge in [-0.25, -0.2) is 14.4 Å². The summed E-state index contributed by atoms with van der Waals surface area (Å²) in [7, 11) is 0. The monoisotopic (exact) mass is 339 g/mol. The van der Waals surface area contributed by atoms with Crippen molar-refractivity contribution in [3.8, 4) is 5.75 Å². The molecule has 1 aromatic carbocycles. The number of benzene rings is 1. The lowest BCUT2D eigenvalue weighted by molar-refractivity contribution is -0.146. The smallest absolute Gasteiger partial charge is 0.412 e. The van der Waals surface area contributed by atoms with Crippen LogP contribution >= 0.6 is 0 Å². The summed E-state index contributed by atoms with van der Waals surface area (Å²) in [6, 6.07) is 3.43. The number of hydrogen-bond acceptors (Lipinski definition) is 5. The van der Waals surface area contributed by atoms with E-state index in [0.29, 0.717) is 6.42 Å². The van der Waals surface area contributed by atoms with Gasteiger partial charge in [-0.15, -0.1) is 0 Å². The van der Waals surface area contributed by atoms with E-state index in [1.807, 2.05) is 6.92 Å². The first-order chi connectivity index (χ1) is 11.3. The molecule has 0 aliphatic carbocycles. The van der Waals surface area contributed by atoms with Gasteiger partial charge < -0.3 is 20.1 Å². The molecule has 0 aliphatic rings. The standard InChI is InChI=1S/C16H21NO7/c1-2-3-4-5-6-13(15(21)22)24-16(23)17-10-7-8-11(14(19)20)12(18)9-10/h7-9,13,18H,2-6H2,1H3,(H,17,23)(H,19,20)(H,21,22). The van der Waals surface area contributed by atoms with Crippen molar-refractivity contribution in [1.29, 1.82) is 0 Å². The number of nitrogens with one attached hydrogen (secondary N) is 1. The number of phenols is 1. The lowest BCUT2D eigenvalue weighted by Crippen LogP contribution is -2.29. The van der Waals surface area contributed by atoms with Gasteiger partial charge in [-0.05, 0) is 25.0 Å². The molecule has 0 saturated heterocycles. The van der Waals surface area contributed by atoms with Crippen LogP contribution in [0.2, 0.25) is 0 Å². The largest absolute Gasteiger partial charge is 0.507 e. The number of anilines is 1. The Bertz CT molecular complexity index is 600. The van der Waals surface area contributed by atoms with E-state index in [1.54, 1.807) is 0 Å². The zero-order valence-electron chi connectivity index (χ0n) is 13.3. The van der Waals surface area contributed by atoms with Crippen LogP contribution in [0.1, 0.15) is 49.4 Å². The molecule has 0 heterocycles. The number of aromatic carboxylic acids is 1. The molecule has 24 heavy (non-hydrogen) atoms. The minimum Gasteiger partial charge on any atom is -0.507 e. The second-order valence-electron chi connectivity index (χ2n) is 5.24. The molecule has 0 aromatic heterocycles. The first-order valence-corrected chi connectivity index (χ1v) is 7.62. The molecule has 132 valence electrons. The Morgan fingerprint density at radius 1 is 1.17 bits per heavy atom. The highest BCUT2D eigenvalue weighted by Crippen LogP contribution is 2.22. The summed E-state index contributed by atoms with van der Waals surface area (Å²) < 4.78 is 4.87. The van der Waals surface area contributed by atoms with Crippen LogP contribution < -0.4 is 5.32 Å². The highest BCUT2D eigenvalue weighted by atomic mass is 16.6. The van der Waals surface area contributed by atoms with Crippen molar-refractivity contribution in [3.05, 3.63) is 23.8 Å². The van der Waals surface area contributed by atoms with Gasteiger partial charge in [0.1, 0.15) is 11.3 Å². The molecule has 0 aliphatic heterocycles. The van der Waals surface area contributed by atoms with Crippen LogP contribution in [0.25, 0.3) is 0 Å². The fraction of sp³-hybridized carbons (Fsp3) is 0.438. The number of carbonyl (C=O) groups is 3. The van der Waals surface area contributed by atoms with E-state index in [4.69, 9.17) is 14.9 Å². The Labute approximate surface area is 139 Å². The van der Waals surface area contributed by atoms with Crippen LogP contribution in [0.3, 0.4) is 0 Å². The molecule has 1 unspecified atom stereocenters. The minimum atomic E-state index is -1.31. The molecular formula is C16H21NO7. The fourth-order valence-electron chi connectivity index (χ4n) is 2.06. The summed E-state index contributed by atoms with van der Waals surface area (Å²) in [6.07, 6.45) is 1.45. The Morgan fingerprint density at radius 3 is 2.42 bits per heavy atom. The number of aromatic hydroxyl groups is 1. The molecule has 0 bridgehead atoms. The lowest BCUT2D eigenvalue weighted by Gasteiger charge is -2.14. The number of hydrogen-bond donors (Lipinski definition) is 4. The van der Waals surface area contributed by atoms with Crippen molar-refractivity contribution in [3.63, 3.8) is 0 Å². The van der Waals surface area contributed by atoms with E-state index >= 15 is 0 Å². The number of amides is 1. The fourth-order valence-corrected chi connectivity index (χ4v) is 2.06. The van der Waals surface area contributed by atoms with Crippen LogP contribution in [0.4, 0.5) is 10.5 Å². The minimum absolute atomic E-state index is 0.0950. The Kier molecular flexibility index (Phi) is 7.54. The normalized spacial score (nSPS) is 11.5. The summed E-state index contributed by atoms with van der Waals surface area (Å²) in [5.74, 6) is -3.06. The third kappa shape index (κ3) is 6.15. The molecule has 0 radical (unpaired) electrons. The van der Waals surface area contributed by atoms with Crippen molar-refractivity contribution >= 4 is 23.7 Å². The second-order valence-corrected chi connectivity index (χ2v) is 5.24. The van der Waals surface area contributed by atoms with Crippen LogP contribution in [0.15, 0.2) is 18.2 Å². The van der Waals surface area contributed by atoms with Gasteiger partial charge in [-0.1, -0.05) is 26.2 Å². The Balaban J connectivity index is 2.61. The number of carboxylic acid groups (broad SMARTS) is 2. The van der Waals surface area contributed by atoms with Gasteiger partial charge in [0.05, 0.1) is 0 Å². The van der Waals surface area contributed by atoms with Crippen LogP contribution in [0.5, 0.6) is 5.75 Å². The van der Waals surface area contributed by atoms with E-state index in [-0.39, 0.29) is 17.7 Å². The predicted molar refractivity (Wildman–Crippen MR) is 85.4 cm³/mol. The molecule has 1 rings (SSSR count). The van der Waals surface area contributed by atoms with Gasteiger partial charge in [-0.2, -0.15) is 0 Å². The third-order valence-electron chi connectivity index (χ3n) is 3.32. The molecule has 0 spiro atoms. The average Bonchev–Trinajstić information content (AvgIpc) is 2.49. The molecule has 8 heteroatoms. The SMILES string of the molecule is CCCCCCC(OC(=O)Nc1ccc(C(=O)O)c(O)c1)C(=O)O. The number of carboxylic acids is 2. The summed E-state index contributed by atoms with van der Waals surface area (Å²) in [6.45, 7) is 2.03. The van der Waals surface area contributed by atoms with Gasteiger partial charge in [0.15, 0.2) is 0 Å². The zero-order valence-corrected chi connectivity index (χ0v) is 13.3. The quantitative estimate of drug-likeness (QED) is 0.508. The Morgan fingerprint density at radius 2 is 1.88 bits per heavy atom. The molecular weight excluding hydrogens is 318 g/mol. The summed E-state index contributed by atoms with van der Waals surface area (Å²) in [4.78, 5) is 33.7. The van der Waals surface area contributed by atoms with Crippen molar-refractivity contribution in [2.45, 2.75) is 45.1 Å². The second kappa shape index (κ2) is 9.39. The highest BCUT2D eigenvalue weighted by Gasteiger charge is 2.22. The average molecular weight is 339 g/mol. The van der Waals surface area contributed by atoms with E-state index in [1.165, 1.54) is 6.07 Å². The van der Waals surface area contributed by atoms with Gasteiger partial charge >= 0.3 is 18.0 Å². The van der Waals surface area contributed by atoms with Crippen molar-refractivity contribution < 1.29 is 34.4 Å². The van der Waals surface area contributed by atoms with E-state index in [2.05, 4.69) is 5.32 Å². The third-order valence-corrected chi connectivity index (χ3v) is 3.32. The number of carbonyl (C=O) groups excluding carboxylic acids is 1. The molecule has 8 nitrogen and oxygen atoms in total. The summed E-state index contributed by atoms with van der Waals surface area (Å²) in [5, 5.41) is 29.7. The number of aliphatic carboxylic acids is 1. The molecule has 1 aromatic rings. The maximum atomic E-state index is 11.8. The van der Waals surface area contributed by atoms with Crippen molar-refractivity contribution in [2.24, 2.45) is 0 Å². The first kappa shape index (κ1) is 19.3. The predicted octanol–water partition coefficient (Wildman–Crippen LogP) is 3.06. The van der Waals surface area contributed by atoms with Gasteiger partial charge in [0.25, 0.3) is 0 Å². The highest BCUT2D eigenvalue weighted by molar-refractivity contribution is 5.93. The number of unbranched alkanes of at least 4 members (excludes halogenated alkanes) is 3. The first-order valence-electron chi connectivity index (χ1n) is 7.62. The summed E-state index contributed by atoms with van der Waals surface area (Å²) in [5.41, 5.74) is -0.217. The molecule has 1 atom stereocenters. The lowest BCUT2D eigenvalue weighted by atomic mass is 10.1. The Hall–Kier alpha value is -2.77.